The SMILES string of the molecule is O=C(O)CN(CC(=O)O)C1CCCC[C@H]1N(CC(=O)O)CC(=O)O. The maximum atomic E-state index is 11.0. The van der Waals surface area contributed by atoms with Crippen molar-refractivity contribution in [1.82, 2.24) is 9.80 Å². The predicted molar refractivity (Wildman–Crippen MR) is 79.7 cm³/mol. The van der Waals surface area contributed by atoms with E-state index in [9.17, 15) is 19.2 Å². The molecule has 0 saturated heterocycles. The second-order valence-electron chi connectivity index (χ2n) is 5.80. The molecule has 136 valence electrons. The van der Waals surface area contributed by atoms with Crippen LogP contribution in [0.2, 0.25) is 0 Å². The van der Waals surface area contributed by atoms with E-state index in [1.54, 1.807) is 0 Å². The number of hydrogen-bond donors (Lipinski definition) is 4. The van der Waals surface area contributed by atoms with Crippen LogP contribution in [0.3, 0.4) is 0 Å². The van der Waals surface area contributed by atoms with Crippen molar-refractivity contribution >= 4 is 23.9 Å². The average Bonchev–Trinajstić information content (AvgIpc) is 2.44. The minimum atomic E-state index is -1.19. The number of rotatable bonds is 10. The van der Waals surface area contributed by atoms with Gasteiger partial charge in [0.1, 0.15) is 0 Å². The molecule has 1 aliphatic carbocycles. The van der Waals surface area contributed by atoms with Gasteiger partial charge in [-0.05, 0) is 12.8 Å². The van der Waals surface area contributed by atoms with Crippen molar-refractivity contribution in [2.45, 2.75) is 37.8 Å². The van der Waals surface area contributed by atoms with E-state index >= 15 is 0 Å². The number of nitrogens with zero attached hydrogens (tertiary/aromatic N) is 2. The van der Waals surface area contributed by atoms with Crippen LogP contribution in [-0.2, 0) is 19.2 Å². The number of carboxylic acids is 4. The summed E-state index contributed by atoms with van der Waals surface area (Å²) in [5.74, 6) is -4.76. The third-order valence-electron chi connectivity index (χ3n) is 3.99. The largest absolute Gasteiger partial charge is 0.480 e. The van der Waals surface area contributed by atoms with Crippen LogP contribution in [0.15, 0.2) is 0 Å². The Morgan fingerprint density at radius 3 is 1.08 bits per heavy atom. The van der Waals surface area contributed by atoms with E-state index in [-0.39, 0.29) is 0 Å². The van der Waals surface area contributed by atoms with E-state index in [4.69, 9.17) is 20.4 Å². The highest BCUT2D eigenvalue weighted by atomic mass is 16.4. The summed E-state index contributed by atoms with van der Waals surface area (Å²) in [6, 6.07) is -1.05. The van der Waals surface area contributed by atoms with Crippen molar-refractivity contribution in [2.24, 2.45) is 0 Å². The lowest BCUT2D eigenvalue weighted by Gasteiger charge is -2.43. The maximum absolute atomic E-state index is 11.0. The van der Waals surface area contributed by atoms with Gasteiger partial charge in [-0.25, -0.2) is 0 Å². The summed E-state index contributed by atoms with van der Waals surface area (Å²) in [7, 11) is 0. The standard InChI is InChI=1S/C14H22N2O8/c17-11(18)5-15(6-12(19)20)9-3-1-2-4-10(9)16(7-13(21)22)8-14(23)24/h9-10H,1-8H2,(H,17,18)(H,19,20)(H,21,22)(H,23,24)/t9-,10?/m1/s1. The van der Waals surface area contributed by atoms with Gasteiger partial charge in [0.25, 0.3) is 0 Å². The molecule has 24 heavy (non-hydrogen) atoms. The minimum Gasteiger partial charge on any atom is -0.480 e. The van der Waals surface area contributed by atoms with Gasteiger partial charge in [0, 0.05) is 12.1 Å². The van der Waals surface area contributed by atoms with Crippen LogP contribution < -0.4 is 0 Å². The summed E-state index contributed by atoms with van der Waals surface area (Å²) >= 11 is 0. The first-order chi connectivity index (χ1) is 11.2. The summed E-state index contributed by atoms with van der Waals surface area (Å²) in [6.45, 7) is -1.99. The van der Waals surface area contributed by atoms with Crippen molar-refractivity contribution in [2.75, 3.05) is 26.2 Å². The molecule has 4 N–H and O–H groups in total. The van der Waals surface area contributed by atoms with Crippen molar-refractivity contribution in [3.05, 3.63) is 0 Å². The molecule has 0 amide bonds. The third-order valence-corrected chi connectivity index (χ3v) is 3.99. The fraction of sp³-hybridized carbons (Fsp3) is 0.714. The molecule has 0 heterocycles. The molecule has 0 aromatic heterocycles. The minimum absolute atomic E-state index is 0.487. The lowest BCUT2D eigenvalue weighted by molar-refractivity contribution is -0.149. The monoisotopic (exact) mass is 346 g/mol. The molecule has 1 saturated carbocycles. The van der Waals surface area contributed by atoms with Crippen molar-refractivity contribution in [3.63, 3.8) is 0 Å². The Labute approximate surface area is 138 Å². The number of carbonyl (C=O) groups is 4. The molecule has 10 nitrogen and oxygen atoms in total. The first-order valence-corrected chi connectivity index (χ1v) is 7.56. The molecule has 0 aliphatic heterocycles. The molecular formula is C14H22N2O8. The van der Waals surface area contributed by atoms with Gasteiger partial charge in [0.05, 0.1) is 26.2 Å². The van der Waals surface area contributed by atoms with E-state index in [1.807, 2.05) is 0 Å². The predicted octanol–water partition coefficient (Wildman–Crippen LogP) is -0.760. The Morgan fingerprint density at radius 1 is 0.625 bits per heavy atom. The van der Waals surface area contributed by atoms with Crippen molar-refractivity contribution in [3.8, 4) is 0 Å². The van der Waals surface area contributed by atoms with E-state index < -0.39 is 62.1 Å². The molecule has 0 bridgehead atoms. The summed E-state index contributed by atoms with van der Waals surface area (Å²) in [5, 5.41) is 36.0. The molecule has 2 atom stereocenters. The van der Waals surface area contributed by atoms with Crippen molar-refractivity contribution in [1.29, 1.82) is 0 Å². The van der Waals surface area contributed by atoms with Crippen LogP contribution >= 0.6 is 0 Å². The first-order valence-electron chi connectivity index (χ1n) is 7.56. The highest BCUT2D eigenvalue weighted by Gasteiger charge is 2.37. The normalized spacial score (nSPS) is 20.9. The van der Waals surface area contributed by atoms with Crippen LogP contribution in [-0.4, -0.2) is 92.4 Å². The quantitative estimate of drug-likeness (QED) is 0.396. The second-order valence-corrected chi connectivity index (χ2v) is 5.80. The molecule has 0 aromatic carbocycles. The number of hydrogen-bond acceptors (Lipinski definition) is 6. The van der Waals surface area contributed by atoms with Gasteiger partial charge >= 0.3 is 23.9 Å². The van der Waals surface area contributed by atoms with Gasteiger partial charge in [-0.2, -0.15) is 0 Å². The zero-order valence-electron chi connectivity index (χ0n) is 13.1. The Kier molecular flexibility index (Phi) is 7.59. The van der Waals surface area contributed by atoms with E-state index in [0.29, 0.717) is 12.8 Å². The molecule has 0 aromatic rings. The second kappa shape index (κ2) is 9.18. The molecular weight excluding hydrogens is 324 g/mol. The number of aliphatic carboxylic acids is 4. The molecule has 10 heteroatoms. The van der Waals surface area contributed by atoms with Crippen LogP contribution in [0.4, 0.5) is 0 Å². The van der Waals surface area contributed by atoms with Gasteiger partial charge in [0.15, 0.2) is 0 Å². The average molecular weight is 346 g/mol. The summed E-state index contributed by atoms with van der Waals surface area (Å²) in [5.41, 5.74) is 0. The smallest absolute Gasteiger partial charge is 0.317 e. The molecule has 1 fully saturated rings. The molecule has 0 radical (unpaired) electrons. The fourth-order valence-corrected chi connectivity index (χ4v) is 3.22. The summed E-state index contributed by atoms with van der Waals surface area (Å²) in [6.07, 6.45) is 2.46. The first kappa shape index (κ1) is 19.8. The molecule has 0 spiro atoms. The van der Waals surface area contributed by atoms with E-state index in [1.165, 1.54) is 9.80 Å². The summed E-state index contributed by atoms with van der Waals surface area (Å²) in [4.78, 5) is 46.7. The van der Waals surface area contributed by atoms with Crippen LogP contribution in [0.5, 0.6) is 0 Å². The molecule has 1 unspecified atom stereocenters. The van der Waals surface area contributed by atoms with Crippen LogP contribution in [0, 0.1) is 0 Å². The van der Waals surface area contributed by atoms with Crippen LogP contribution in [0.25, 0.3) is 0 Å². The Morgan fingerprint density at radius 2 is 0.875 bits per heavy atom. The van der Waals surface area contributed by atoms with Gasteiger partial charge in [-0.3, -0.25) is 29.0 Å². The topological polar surface area (TPSA) is 156 Å². The lowest BCUT2D eigenvalue weighted by atomic mass is 9.87. The fourth-order valence-electron chi connectivity index (χ4n) is 3.22. The Bertz CT molecular complexity index is 419. The number of carboxylic acid groups (broad SMARTS) is 4. The maximum Gasteiger partial charge on any atom is 0.317 e. The zero-order valence-corrected chi connectivity index (χ0v) is 13.1. The zero-order chi connectivity index (χ0) is 18.3. The van der Waals surface area contributed by atoms with E-state index in [2.05, 4.69) is 0 Å². The van der Waals surface area contributed by atoms with Gasteiger partial charge < -0.3 is 20.4 Å². The lowest BCUT2D eigenvalue weighted by Crippen LogP contribution is -2.57. The summed E-state index contributed by atoms with van der Waals surface area (Å²) < 4.78 is 0. The Balaban J connectivity index is 3.03. The Hall–Kier alpha value is -2.20. The van der Waals surface area contributed by atoms with E-state index in [0.717, 1.165) is 12.8 Å². The highest BCUT2D eigenvalue weighted by Crippen LogP contribution is 2.27. The third kappa shape index (κ3) is 6.50. The highest BCUT2D eigenvalue weighted by molar-refractivity contribution is 5.73. The van der Waals surface area contributed by atoms with Gasteiger partial charge in [-0.15, -0.1) is 0 Å². The van der Waals surface area contributed by atoms with Gasteiger partial charge in [0.2, 0.25) is 0 Å². The van der Waals surface area contributed by atoms with Crippen molar-refractivity contribution < 1.29 is 39.6 Å². The molecule has 1 rings (SSSR count). The molecule has 1 aliphatic rings. The van der Waals surface area contributed by atoms with Gasteiger partial charge in [-0.1, -0.05) is 12.8 Å². The van der Waals surface area contributed by atoms with Crippen LogP contribution in [0.1, 0.15) is 25.7 Å².